The highest BCUT2D eigenvalue weighted by molar-refractivity contribution is 5.94. The first-order chi connectivity index (χ1) is 10.1. The highest BCUT2D eigenvalue weighted by Crippen LogP contribution is 2.27. The summed E-state index contributed by atoms with van der Waals surface area (Å²) in [6, 6.07) is 5.59. The van der Waals surface area contributed by atoms with Crippen molar-refractivity contribution in [1.29, 1.82) is 0 Å². The Morgan fingerprint density at radius 3 is 2.90 bits per heavy atom. The average molecular weight is 292 g/mol. The number of carbonyl (C=O) groups is 1. The van der Waals surface area contributed by atoms with Gasteiger partial charge in [0, 0.05) is 25.7 Å². The van der Waals surface area contributed by atoms with Crippen LogP contribution in [0.1, 0.15) is 30.1 Å². The van der Waals surface area contributed by atoms with Crippen molar-refractivity contribution in [1.82, 2.24) is 4.90 Å². The van der Waals surface area contributed by atoms with Crippen molar-refractivity contribution in [3.05, 3.63) is 23.8 Å². The van der Waals surface area contributed by atoms with Crippen LogP contribution in [0.4, 0.5) is 5.69 Å². The molecule has 1 atom stereocenters. The lowest BCUT2D eigenvalue weighted by atomic mass is 10.1. The maximum absolute atomic E-state index is 11.4. The molecule has 5 heteroatoms. The molecular weight excluding hydrogens is 268 g/mol. The Morgan fingerprint density at radius 2 is 2.29 bits per heavy atom. The van der Waals surface area contributed by atoms with E-state index in [4.69, 9.17) is 4.74 Å². The summed E-state index contributed by atoms with van der Waals surface area (Å²) in [6.07, 6.45) is 2.39. The van der Waals surface area contributed by atoms with Crippen molar-refractivity contribution in [2.45, 2.75) is 25.8 Å². The predicted octanol–water partition coefficient (Wildman–Crippen LogP) is 2.31. The fourth-order valence-corrected chi connectivity index (χ4v) is 3.07. The zero-order valence-electron chi connectivity index (χ0n) is 13.0. The van der Waals surface area contributed by atoms with Crippen molar-refractivity contribution in [2.75, 3.05) is 38.7 Å². The zero-order chi connectivity index (χ0) is 15.4. The zero-order valence-corrected chi connectivity index (χ0v) is 13.0. The van der Waals surface area contributed by atoms with Crippen molar-refractivity contribution < 1.29 is 14.6 Å². The number of benzene rings is 1. The number of anilines is 1. The monoisotopic (exact) mass is 292 g/mol. The third kappa shape index (κ3) is 3.47. The molecule has 1 aliphatic rings. The van der Waals surface area contributed by atoms with Crippen LogP contribution in [-0.2, 0) is 0 Å². The van der Waals surface area contributed by atoms with E-state index >= 15 is 0 Å². The predicted molar refractivity (Wildman–Crippen MR) is 83.5 cm³/mol. The molecule has 21 heavy (non-hydrogen) atoms. The van der Waals surface area contributed by atoms with E-state index in [0.29, 0.717) is 23.0 Å². The molecule has 0 aliphatic carbocycles. The molecule has 1 unspecified atom stereocenters. The Balaban J connectivity index is 2.20. The van der Waals surface area contributed by atoms with E-state index in [1.807, 2.05) is 11.9 Å². The Morgan fingerprint density at radius 1 is 1.52 bits per heavy atom. The van der Waals surface area contributed by atoms with Gasteiger partial charge in [-0.1, -0.05) is 6.92 Å². The molecule has 0 spiro atoms. The minimum absolute atomic E-state index is 0.319. The van der Waals surface area contributed by atoms with Crippen molar-refractivity contribution in [2.24, 2.45) is 0 Å². The number of hydrogen-bond acceptors (Lipinski definition) is 4. The Labute approximate surface area is 126 Å². The summed E-state index contributed by atoms with van der Waals surface area (Å²) < 4.78 is 5.22. The van der Waals surface area contributed by atoms with E-state index in [1.165, 1.54) is 12.8 Å². The van der Waals surface area contributed by atoms with Crippen LogP contribution in [0.15, 0.2) is 18.2 Å². The number of methoxy groups -OCH3 is 1. The number of likely N-dealkylation sites (N-methyl/N-ethyl adjacent to an activating group) is 2. The molecule has 1 fully saturated rings. The van der Waals surface area contributed by atoms with Gasteiger partial charge in [0.15, 0.2) is 0 Å². The number of ether oxygens (including phenoxy) is 1. The van der Waals surface area contributed by atoms with Gasteiger partial charge in [0.2, 0.25) is 0 Å². The first-order valence-corrected chi connectivity index (χ1v) is 7.43. The van der Waals surface area contributed by atoms with E-state index < -0.39 is 5.97 Å². The lowest BCUT2D eigenvalue weighted by molar-refractivity contribution is 0.0697. The van der Waals surface area contributed by atoms with E-state index in [0.717, 1.165) is 19.6 Å². The van der Waals surface area contributed by atoms with Crippen LogP contribution in [0.3, 0.4) is 0 Å². The van der Waals surface area contributed by atoms with Gasteiger partial charge < -0.3 is 14.7 Å². The van der Waals surface area contributed by atoms with E-state index in [1.54, 1.807) is 25.3 Å². The number of rotatable bonds is 6. The maximum Gasteiger partial charge on any atom is 0.337 e. The number of hydrogen-bond donors (Lipinski definition) is 1. The summed E-state index contributed by atoms with van der Waals surface area (Å²) >= 11 is 0. The molecule has 1 N–H and O–H groups in total. The molecule has 0 aromatic heterocycles. The lowest BCUT2D eigenvalue weighted by Gasteiger charge is -2.29. The second-order valence-electron chi connectivity index (χ2n) is 5.49. The second kappa shape index (κ2) is 6.80. The lowest BCUT2D eigenvalue weighted by Crippen LogP contribution is -2.39. The van der Waals surface area contributed by atoms with Gasteiger partial charge in [0.05, 0.1) is 18.4 Å². The largest absolute Gasteiger partial charge is 0.497 e. The molecule has 0 saturated carbocycles. The molecule has 1 aliphatic heterocycles. The third-order valence-electron chi connectivity index (χ3n) is 4.24. The molecular formula is C16H24N2O3. The Hall–Kier alpha value is -1.75. The van der Waals surface area contributed by atoms with Gasteiger partial charge in [0.1, 0.15) is 5.75 Å². The summed E-state index contributed by atoms with van der Waals surface area (Å²) in [7, 11) is 3.54. The topological polar surface area (TPSA) is 53.0 Å². The smallest absolute Gasteiger partial charge is 0.337 e. The normalized spacial score (nSPS) is 18.7. The molecule has 1 saturated heterocycles. The SMILES string of the molecule is CCN1CCCC1CN(C)c1cc(OC)ccc1C(=O)O. The van der Waals surface area contributed by atoms with Gasteiger partial charge in [-0.3, -0.25) is 4.90 Å². The highest BCUT2D eigenvalue weighted by atomic mass is 16.5. The fourth-order valence-electron chi connectivity index (χ4n) is 3.07. The summed E-state index contributed by atoms with van der Waals surface area (Å²) in [5, 5.41) is 9.36. The van der Waals surface area contributed by atoms with E-state index in [9.17, 15) is 9.90 Å². The van der Waals surface area contributed by atoms with E-state index in [-0.39, 0.29) is 0 Å². The molecule has 0 amide bonds. The van der Waals surface area contributed by atoms with Crippen LogP contribution in [0.5, 0.6) is 5.75 Å². The Kier molecular flexibility index (Phi) is 5.07. The number of likely N-dealkylation sites (tertiary alicyclic amines) is 1. The number of carboxylic acids is 1. The summed E-state index contributed by atoms with van der Waals surface area (Å²) in [4.78, 5) is 15.9. The van der Waals surface area contributed by atoms with Gasteiger partial charge in [-0.2, -0.15) is 0 Å². The second-order valence-corrected chi connectivity index (χ2v) is 5.49. The average Bonchev–Trinajstić information content (AvgIpc) is 2.93. The van der Waals surface area contributed by atoms with Gasteiger partial charge in [-0.05, 0) is 38.1 Å². The van der Waals surface area contributed by atoms with E-state index in [2.05, 4.69) is 11.8 Å². The van der Waals surface area contributed by atoms with Gasteiger partial charge in [0.25, 0.3) is 0 Å². The number of aromatic carboxylic acids is 1. The van der Waals surface area contributed by atoms with Crippen LogP contribution < -0.4 is 9.64 Å². The minimum atomic E-state index is -0.904. The molecule has 1 aromatic carbocycles. The molecule has 1 heterocycles. The van der Waals surface area contributed by atoms with Gasteiger partial charge in [-0.15, -0.1) is 0 Å². The van der Waals surface area contributed by atoms with Gasteiger partial charge in [-0.25, -0.2) is 4.79 Å². The first-order valence-electron chi connectivity index (χ1n) is 7.43. The first kappa shape index (κ1) is 15.6. The third-order valence-corrected chi connectivity index (χ3v) is 4.24. The number of nitrogens with zero attached hydrogens (tertiary/aromatic N) is 2. The molecule has 2 rings (SSSR count). The molecule has 1 aromatic rings. The molecule has 0 bridgehead atoms. The van der Waals surface area contributed by atoms with Crippen molar-refractivity contribution in [3.63, 3.8) is 0 Å². The summed E-state index contributed by atoms with van der Waals surface area (Å²) in [6.45, 7) is 5.19. The van der Waals surface area contributed by atoms with Gasteiger partial charge >= 0.3 is 5.97 Å². The highest BCUT2D eigenvalue weighted by Gasteiger charge is 2.25. The van der Waals surface area contributed by atoms with Crippen LogP contribution in [0, 0.1) is 0 Å². The van der Waals surface area contributed by atoms with Crippen molar-refractivity contribution >= 4 is 11.7 Å². The quantitative estimate of drug-likeness (QED) is 0.872. The summed E-state index contributed by atoms with van der Waals surface area (Å²) in [5.74, 6) is -0.223. The fraction of sp³-hybridized carbons (Fsp3) is 0.562. The minimum Gasteiger partial charge on any atom is -0.497 e. The van der Waals surface area contributed by atoms with Crippen LogP contribution in [0.2, 0.25) is 0 Å². The molecule has 116 valence electrons. The van der Waals surface area contributed by atoms with Crippen LogP contribution in [0.25, 0.3) is 0 Å². The van der Waals surface area contributed by atoms with Crippen LogP contribution >= 0.6 is 0 Å². The summed E-state index contributed by atoms with van der Waals surface area (Å²) in [5.41, 5.74) is 1.03. The maximum atomic E-state index is 11.4. The standard InChI is InChI=1S/C16H24N2O3/c1-4-18-9-5-6-12(18)11-17(2)15-10-13(21-3)7-8-14(15)16(19)20/h7-8,10,12H,4-6,9,11H2,1-3H3,(H,19,20). The van der Waals surface area contributed by atoms with Crippen LogP contribution in [-0.4, -0.2) is 55.8 Å². The van der Waals surface area contributed by atoms with Crippen molar-refractivity contribution in [3.8, 4) is 5.75 Å². The Bertz CT molecular complexity index is 504. The number of carboxylic acid groups (broad SMARTS) is 1. The molecule has 0 radical (unpaired) electrons. The molecule has 5 nitrogen and oxygen atoms in total.